The van der Waals surface area contributed by atoms with Gasteiger partial charge in [-0.05, 0) is 30.5 Å². The molecular formula is C21H19FN4O. The van der Waals surface area contributed by atoms with E-state index in [0.717, 1.165) is 16.5 Å². The van der Waals surface area contributed by atoms with Gasteiger partial charge in [0.1, 0.15) is 17.2 Å². The molecule has 136 valence electrons. The number of fused-ring (bicyclic) bond motifs is 2. The second kappa shape index (κ2) is 7.07. The molecule has 4 aromatic rings. The molecule has 6 heteroatoms. The lowest BCUT2D eigenvalue weighted by Gasteiger charge is -2.11. The van der Waals surface area contributed by atoms with Crippen molar-refractivity contribution in [3.05, 3.63) is 78.0 Å². The van der Waals surface area contributed by atoms with Crippen LogP contribution >= 0.6 is 0 Å². The van der Waals surface area contributed by atoms with E-state index in [1.807, 2.05) is 24.3 Å². The number of aromatic nitrogens is 2. The second-order valence-corrected chi connectivity index (χ2v) is 6.33. The van der Waals surface area contributed by atoms with Crippen molar-refractivity contribution in [1.82, 2.24) is 14.7 Å². The van der Waals surface area contributed by atoms with Gasteiger partial charge < -0.3 is 10.6 Å². The molecule has 2 aromatic carbocycles. The second-order valence-electron chi connectivity index (χ2n) is 6.33. The summed E-state index contributed by atoms with van der Waals surface area (Å²) >= 11 is 0. The van der Waals surface area contributed by atoms with Gasteiger partial charge in [0.05, 0.1) is 5.69 Å². The molecule has 0 aliphatic carbocycles. The molecule has 0 saturated heterocycles. The van der Waals surface area contributed by atoms with Crippen LogP contribution in [0.25, 0.3) is 16.4 Å². The molecule has 5 nitrogen and oxygen atoms in total. The van der Waals surface area contributed by atoms with E-state index < -0.39 is 5.82 Å². The first-order valence-electron chi connectivity index (χ1n) is 8.77. The lowest BCUT2D eigenvalue weighted by molar-refractivity contribution is 0.0948. The number of hydrogen-bond donors (Lipinski definition) is 2. The number of pyridine rings is 1. The van der Waals surface area contributed by atoms with E-state index in [1.165, 1.54) is 16.7 Å². The molecule has 0 spiro atoms. The lowest BCUT2D eigenvalue weighted by atomic mass is 10.1. The number of nitrogens with one attached hydrogen (secondary N) is 2. The van der Waals surface area contributed by atoms with Crippen molar-refractivity contribution in [3.63, 3.8) is 0 Å². The number of rotatable bonds is 5. The van der Waals surface area contributed by atoms with E-state index in [9.17, 15) is 9.18 Å². The number of aryl methyl sites for hydroxylation is 1. The molecule has 0 atom stereocenters. The van der Waals surface area contributed by atoms with Gasteiger partial charge in [-0.25, -0.2) is 9.37 Å². The van der Waals surface area contributed by atoms with Crippen LogP contribution in [0.4, 0.5) is 10.1 Å². The molecule has 0 aliphatic heterocycles. The standard InChI is InChI=1S/C21H19FN4O/c1-14-20(26-13-16(22)9-10-19(26)25-14)21(27)24-12-11-23-18-8-4-6-15-5-2-3-7-17(15)18/h2-10,13,23H,11-12H2,1H3,(H,24,27). The third-order valence-corrected chi connectivity index (χ3v) is 4.49. The van der Waals surface area contributed by atoms with Crippen molar-refractivity contribution in [3.8, 4) is 0 Å². The molecule has 0 fully saturated rings. The van der Waals surface area contributed by atoms with Gasteiger partial charge in [0.2, 0.25) is 0 Å². The molecule has 2 aromatic heterocycles. The quantitative estimate of drug-likeness (QED) is 0.531. The first-order valence-corrected chi connectivity index (χ1v) is 8.77. The van der Waals surface area contributed by atoms with Gasteiger partial charge in [-0.3, -0.25) is 9.20 Å². The maximum Gasteiger partial charge on any atom is 0.270 e. The number of halogens is 1. The molecule has 0 unspecified atom stereocenters. The van der Waals surface area contributed by atoms with Crippen molar-refractivity contribution in [2.45, 2.75) is 6.92 Å². The van der Waals surface area contributed by atoms with Crippen molar-refractivity contribution in [2.24, 2.45) is 0 Å². The fourth-order valence-corrected chi connectivity index (χ4v) is 3.25. The minimum atomic E-state index is -0.411. The Morgan fingerprint density at radius 2 is 1.89 bits per heavy atom. The normalized spacial score (nSPS) is 11.0. The summed E-state index contributed by atoms with van der Waals surface area (Å²) in [5.41, 5.74) is 2.50. The topological polar surface area (TPSA) is 58.4 Å². The smallest absolute Gasteiger partial charge is 0.270 e. The number of amides is 1. The number of carbonyl (C=O) groups excluding carboxylic acids is 1. The van der Waals surface area contributed by atoms with Gasteiger partial charge in [-0.2, -0.15) is 0 Å². The number of benzene rings is 2. The molecular weight excluding hydrogens is 343 g/mol. The fraction of sp³-hybridized carbons (Fsp3) is 0.143. The summed E-state index contributed by atoms with van der Waals surface area (Å²) in [5, 5.41) is 8.52. The van der Waals surface area contributed by atoms with Gasteiger partial charge in [-0.1, -0.05) is 36.4 Å². The van der Waals surface area contributed by atoms with Gasteiger partial charge in [0.25, 0.3) is 5.91 Å². The average molecular weight is 362 g/mol. The Balaban J connectivity index is 1.43. The van der Waals surface area contributed by atoms with Crippen molar-refractivity contribution >= 4 is 28.0 Å². The summed E-state index contributed by atoms with van der Waals surface area (Å²) in [6.45, 7) is 2.75. The number of hydrogen-bond acceptors (Lipinski definition) is 3. The first-order chi connectivity index (χ1) is 13.1. The summed E-state index contributed by atoms with van der Waals surface area (Å²) in [6.07, 6.45) is 1.28. The third-order valence-electron chi connectivity index (χ3n) is 4.49. The Labute approximate surface area is 155 Å². The largest absolute Gasteiger partial charge is 0.383 e. The molecule has 0 saturated carbocycles. The zero-order valence-electron chi connectivity index (χ0n) is 14.9. The van der Waals surface area contributed by atoms with Crippen LogP contribution in [0.15, 0.2) is 60.8 Å². The van der Waals surface area contributed by atoms with E-state index in [0.29, 0.717) is 30.1 Å². The molecule has 0 aliphatic rings. The highest BCUT2D eigenvalue weighted by Gasteiger charge is 2.16. The van der Waals surface area contributed by atoms with Gasteiger partial charge >= 0.3 is 0 Å². The van der Waals surface area contributed by atoms with Crippen LogP contribution in [0.1, 0.15) is 16.2 Å². The summed E-state index contributed by atoms with van der Waals surface area (Å²) in [4.78, 5) is 16.9. The Morgan fingerprint density at radius 3 is 2.78 bits per heavy atom. The number of anilines is 1. The lowest BCUT2D eigenvalue weighted by Crippen LogP contribution is -2.30. The van der Waals surface area contributed by atoms with Crippen LogP contribution in [0.3, 0.4) is 0 Å². The van der Waals surface area contributed by atoms with E-state index in [-0.39, 0.29) is 5.91 Å². The van der Waals surface area contributed by atoms with Crippen LogP contribution < -0.4 is 10.6 Å². The Kier molecular flexibility index (Phi) is 4.46. The summed E-state index contributed by atoms with van der Waals surface area (Å²) in [5.74, 6) is -0.683. The minimum Gasteiger partial charge on any atom is -0.383 e. The molecule has 0 bridgehead atoms. The molecule has 0 radical (unpaired) electrons. The number of nitrogens with zero attached hydrogens (tertiary/aromatic N) is 2. The van der Waals surface area contributed by atoms with E-state index in [4.69, 9.17) is 0 Å². The Morgan fingerprint density at radius 1 is 1.07 bits per heavy atom. The average Bonchev–Trinajstić information content (AvgIpc) is 3.00. The van der Waals surface area contributed by atoms with Crippen molar-refractivity contribution < 1.29 is 9.18 Å². The highest BCUT2D eigenvalue weighted by molar-refractivity contribution is 5.95. The van der Waals surface area contributed by atoms with Crippen LogP contribution in [-0.2, 0) is 0 Å². The first kappa shape index (κ1) is 17.0. The van der Waals surface area contributed by atoms with Crippen molar-refractivity contribution in [2.75, 3.05) is 18.4 Å². The summed E-state index contributed by atoms with van der Waals surface area (Å²) in [7, 11) is 0. The van der Waals surface area contributed by atoms with E-state index in [2.05, 4.69) is 33.8 Å². The highest BCUT2D eigenvalue weighted by atomic mass is 19.1. The van der Waals surface area contributed by atoms with Crippen LogP contribution in [0, 0.1) is 12.7 Å². The Hall–Kier alpha value is -3.41. The zero-order valence-corrected chi connectivity index (χ0v) is 14.9. The van der Waals surface area contributed by atoms with Gasteiger partial charge in [0, 0.05) is 30.4 Å². The zero-order chi connectivity index (χ0) is 18.8. The van der Waals surface area contributed by atoms with Gasteiger partial charge in [0.15, 0.2) is 0 Å². The predicted octanol–water partition coefficient (Wildman–Crippen LogP) is 3.78. The maximum atomic E-state index is 13.5. The minimum absolute atomic E-state index is 0.273. The highest BCUT2D eigenvalue weighted by Crippen LogP contribution is 2.22. The van der Waals surface area contributed by atoms with Gasteiger partial charge in [-0.15, -0.1) is 0 Å². The molecule has 2 N–H and O–H groups in total. The third kappa shape index (κ3) is 3.33. The predicted molar refractivity (Wildman–Crippen MR) is 105 cm³/mol. The fourth-order valence-electron chi connectivity index (χ4n) is 3.25. The Bertz CT molecular complexity index is 1130. The SMILES string of the molecule is Cc1nc2ccc(F)cn2c1C(=O)NCCNc1cccc2ccccc12. The van der Waals surface area contributed by atoms with E-state index >= 15 is 0 Å². The van der Waals surface area contributed by atoms with Crippen LogP contribution in [0.5, 0.6) is 0 Å². The van der Waals surface area contributed by atoms with Crippen molar-refractivity contribution in [1.29, 1.82) is 0 Å². The number of imidazole rings is 1. The molecule has 4 rings (SSSR count). The van der Waals surface area contributed by atoms with Crippen LogP contribution in [0.2, 0.25) is 0 Å². The van der Waals surface area contributed by atoms with Crippen LogP contribution in [-0.4, -0.2) is 28.4 Å². The summed E-state index contributed by atoms with van der Waals surface area (Å²) in [6, 6.07) is 17.1. The maximum absolute atomic E-state index is 13.5. The molecule has 27 heavy (non-hydrogen) atoms. The molecule has 1 amide bonds. The summed E-state index contributed by atoms with van der Waals surface area (Å²) < 4.78 is 15.0. The number of carbonyl (C=O) groups is 1. The molecule has 2 heterocycles. The monoisotopic (exact) mass is 362 g/mol. The van der Waals surface area contributed by atoms with E-state index in [1.54, 1.807) is 13.0 Å².